The fraction of sp³-hybridized carbons (Fsp3) is 0.273. The van der Waals surface area contributed by atoms with Gasteiger partial charge >= 0.3 is 0 Å². The molecule has 136 valence electrons. The second-order valence-corrected chi connectivity index (χ2v) is 7.27. The largest absolute Gasteiger partial charge is 0.497 e. The Labute approximate surface area is 158 Å². The first-order chi connectivity index (χ1) is 13.2. The summed E-state index contributed by atoms with van der Waals surface area (Å²) in [6, 6.07) is 18.9. The number of ether oxygens (including phenoxy) is 1. The molecule has 1 aliphatic carbocycles. The number of anilines is 1. The SMILES string of the molecule is COc1ccc(C(Nc2nc3cc(C)nn3c3ccccc23)C2CC2)cc1. The molecular weight excluding hydrogens is 336 g/mol. The van der Waals surface area contributed by atoms with E-state index >= 15 is 0 Å². The van der Waals surface area contributed by atoms with Gasteiger partial charge in [0.2, 0.25) is 0 Å². The number of nitrogens with one attached hydrogen (secondary N) is 1. The van der Waals surface area contributed by atoms with Crippen molar-refractivity contribution in [3.05, 3.63) is 65.9 Å². The lowest BCUT2D eigenvalue weighted by Crippen LogP contribution is -2.14. The summed E-state index contributed by atoms with van der Waals surface area (Å²) in [6.07, 6.45) is 2.49. The molecule has 0 amide bonds. The second-order valence-electron chi connectivity index (χ2n) is 7.27. The fourth-order valence-electron chi connectivity index (χ4n) is 3.75. The van der Waals surface area contributed by atoms with Crippen LogP contribution in [-0.4, -0.2) is 21.7 Å². The standard InChI is InChI=1S/C22H22N4O/c1-14-13-20-23-22(18-5-3-4-6-19(18)26(20)25-14)24-21(15-7-8-15)16-9-11-17(27-2)12-10-16/h3-6,9-13,15,21H,7-8H2,1-2H3,(H,23,24). The van der Waals surface area contributed by atoms with E-state index in [2.05, 4.69) is 40.7 Å². The van der Waals surface area contributed by atoms with E-state index in [0.29, 0.717) is 5.92 Å². The molecule has 0 bridgehead atoms. The number of nitrogens with zero attached hydrogens (tertiary/aromatic N) is 3. The van der Waals surface area contributed by atoms with Gasteiger partial charge in [0.05, 0.1) is 24.4 Å². The molecule has 0 saturated heterocycles. The maximum absolute atomic E-state index is 5.31. The molecule has 5 nitrogen and oxygen atoms in total. The van der Waals surface area contributed by atoms with Crippen molar-refractivity contribution in [2.24, 2.45) is 5.92 Å². The molecule has 2 aromatic carbocycles. The van der Waals surface area contributed by atoms with Crippen LogP contribution in [0.3, 0.4) is 0 Å². The first-order valence-corrected chi connectivity index (χ1v) is 9.38. The number of rotatable bonds is 5. The highest BCUT2D eigenvalue weighted by Crippen LogP contribution is 2.43. The van der Waals surface area contributed by atoms with Gasteiger partial charge in [-0.3, -0.25) is 0 Å². The second kappa shape index (κ2) is 6.27. The van der Waals surface area contributed by atoms with Gasteiger partial charge in [-0.2, -0.15) is 5.10 Å². The fourth-order valence-corrected chi connectivity index (χ4v) is 3.75. The van der Waals surface area contributed by atoms with Gasteiger partial charge in [-0.1, -0.05) is 24.3 Å². The number of methoxy groups -OCH3 is 1. The normalized spacial score (nSPS) is 15.2. The summed E-state index contributed by atoms with van der Waals surface area (Å²) in [5, 5.41) is 9.43. The number of benzene rings is 2. The van der Waals surface area contributed by atoms with Crippen molar-refractivity contribution in [1.29, 1.82) is 0 Å². The third-order valence-corrected chi connectivity index (χ3v) is 5.29. The van der Waals surface area contributed by atoms with E-state index < -0.39 is 0 Å². The van der Waals surface area contributed by atoms with Crippen LogP contribution in [0.5, 0.6) is 5.75 Å². The summed E-state index contributed by atoms with van der Waals surface area (Å²) in [6.45, 7) is 2.00. The highest BCUT2D eigenvalue weighted by atomic mass is 16.5. The summed E-state index contributed by atoms with van der Waals surface area (Å²) < 4.78 is 7.23. The molecule has 1 aliphatic rings. The quantitative estimate of drug-likeness (QED) is 0.559. The van der Waals surface area contributed by atoms with Crippen molar-refractivity contribution < 1.29 is 4.74 Å². The number of aryl methyl sites for hydroxylation is 1. The molecule has 1 atom stereocenters. The lowest BCUT2D eigenvalue weighted by Gasteiger charge is -2.21. The molecule has 27 heavy (non-hydrogen) atoms. The molecule has 0 radical (unpaired) electrons. The van der Waals surface area contributed by atoms with Crippen LogP contribution in [0.4, 0.5) is 5.82 Å². The first kappa shape index (κ1) is 16.1. The molecule has 1 unspecified atom stereocenters. The predicted molar refractivity (Wildman–Crippen MR) is 107 cm³/mol. The zero-order valence-corrected chi connectivity index (χ0v) is 15.5. The lowest BCUT2D eigenvalue weighted by molar-refractivity contribution is 0.414. The Morgan fingerprint density at radius 3 is 2.63 bits per heavy atom. The van der Waals surface area contributed by atoms with Crippen LogP contribution in [0.15, 0.2) is 54.6 Å². The van der Waals surface area contributed by atoms with Crippen LogP contribution in [0.2, 0.25) is 0 Å². The Hall–Kier alpha value is -3.08. The van der Waals surface area contributed by atoms with Crippen molar-refractivity contribution in [1.82, 2.24) is 14.6 Å². The summed E-state index contributed by atoms with van der Waals surface area (Å²) in [5.41, 5.74) is 4.19. The van der Waals surface area contributed by atoms with Crippen molar-refractivity contribution in [3.63, 3.8) is 0 Å². The third-order valence-electron chi connectivity index (χ3n) is 5.29. The summed E-state index contributed by atoms with van der Waals surface area (Å²) in [7, 11) is 1.70. The number of fused-ring (bicyclic) bond motifs is 3. The van der Waals surface area contributed by atoms with E-state index in [1.54, 1.807) is 7.11 Å². The Kier molecular flexibility index (Phi) is 3.74. The molecular formula is C22H22N4O. The highest BCUT2D eigenvalue weighted by Gasteiger charge is 2.33. The van der Waals surface area contributed by atoms with Gasteiger partial charge in [-0.25, -0.2) is 9.50 Å². The first-order valence-electron chi connectivity index (χ1n) is 9.38. The minimum Gasteiger partial charge on any atom is -0.497 e. The minimum atomic E-state index is 0.248. The third kappa shape index (κ3) is 2.89. The molecule has 0 aliphatic heterocycles. The van der Waals surface area contributed by atoms with Crippen LogP contribution < -0.4 is 10.1 Å². The van der Waals surface area contributed by atoms with E-state index in [1.165, 1.54) is 18.4 Å². The summed E-state index contributed by atoms with van der Waals surface area (Å²) in [4.78, 5) is 4.90. The van der Waals surface area contributed by atoms with E-state index in [9.17, 15) is 0 Å². The van der Waals surface area contributed by atoms with Crippen molar-refractivity contribution in [3.8, 4) is 5.75 Å². The Bertz CT molecular complexity index is 1110. The van der Waals surface area contributed by atoms with Gasteiger partial charge in [-0.15, -0.1) is 0 Å². The summed E-state index contributed by atoms with van der Waals surface area (Å²) >= 11 is 0. The van der Waals surface area contributed by atoms with Crippen LogP contribution in [0.1, 0.15) is 30.1 Å². The van der Waals surface area contributed by atoms with Gasteiger partial charge in [0.15, 0.2) is 5.65 Å². The van der Waals surface area contributed by atoms with Crippen molar-refractivity contribution >= 4 is 22.4 Å². The maximum atomic E-state index is 5.31. The highest BCUT2D eigenvalue weighted by molar-refractivity contribution is 5.91. The minimum absolute atomic E-state index is 0.248. The van der Waals surface area contributed by atoms with Crippen molar-refractivity contribution in [2.45, 2.75) is 25.8 Å². The van der Waals surface area contributed by atoms with Gasteiger partial charge in [0, 0.05) is 11.5 Å². The number of aromatic nitrogens is 3. The zero-order valence-electron chi connectivity index (χ0n) is 15.5. The van der Waals surface area contributed by atoms with E-state index in [1.807, 2.05) is 35.7 Å². The molecule has 2 aromatic heterocycles. The molecule has 5 rings (SSSR count). The molecule has 2 heterocycles. The van der Waals surface area contributed by atoms with Gasteiger partial charge in [-0.05, 0) is 55.5 Å². The topological polar surface area (TPSA) is 51.5 Å². The Morgan fingerprint density at radius 1 is 1.11 bits per heavy atom. The van der Waals surface area contributed by atoms with Crippen LogP contribution in [0, 0.1) is 12.8 Å². The number of hydrogen-bond acceptors (Lipinski definition) is 4. The molecule has 1 saturated carbocycles. The van der Waals surface area contributed by atoms with E-state index in [4.69, 9.17) is 9.72 Å². The Balaban J connectivity index is 1.60. The van der Waals surface area contributed by atoms with Crippen molar-refractivity contribution in [2.75, 3.05) is 12.4 Å². The average molecular weight is 358 g/mol. The average Bonchev–Trinajstić information content (AvgIpc) is 3.47. The van der Waals surface area contributed by atoms with Gasteiger partial charge < -0.3 is 10.1 Å². The molecule has 1 N–H and O–H groups in total. The monoisotopic (exact) mass is 358 g/mol. The molecule has 1 fully saturated rings. The smallest absolute Gasteiger partial charge is 0.158 e. The lowest BCUT2D eigenvalue weighted by atomic mass is 10.0. The van der Waals surface area contributed by atoms with Crippen LogP contribution >= 0.6 is 0 Å². The van der Waals surface area contributed by atoms with Crippen LogP contribution in [-0.2, 0) is 0 Å². The molecule has 4 aromatic rings. The van der Waals surface area contributed by atoms with Gasteiger partial charge in [0.1, 0.15) is 11.6 Å². The van der Waals surface area contributed by atoms with E-state index in [-0.39, 0.29) is 6.04 Å². The number of hydrogen-bond donors (Lipinski definition) is 1. The predicted octanol–water partition coefficient (Wildman–Crippen LogP) is 4.76. The molecule has 0 spiro atoms. The molecule has 5 heteroatoms. The Morgan fingerprint density at radius 2 is 1.89 bits per heavy atom. The maximum Gasteiger partial charge on any atom is 0.158 e. The van der Waals surface area contributed by atoms with Crippen LogP contribution in [0.25, 0.3) is 16.6 Å². The summed E-state index contributed by atoms with van der Waals surface area (Å²) in [5.74, 6) is 2.44. The zero-order chi connectivity index (χ0) is 18.4. The van der Waals surface area contributed by atoms with Gasteiger partial charge in [0.25, 0.3) is 0 Å². The van der Waals surface area contributed by atoms with E-state index in [0.717, 1.165) is 33.8 Å². The number of para-hydroxylation sites is 1.